The standard InChI is InChI=1S/C14H19BrN2O/c1-13(2)9-4-5-14(13,3)11(6-9)18-12-16-7-10(15)8-17-12/h7-9,11H,4-6H2,1-3H3. The Morgan fingerprint density at radius 2 is 1.94 bits per heavy atom. The quantitative estimate of drug-likeness (QED) is 0.832. The maximum atomic E-state index is 6.06. The van der Waals surface area contributed by atoms with Gasteiger partial charge in [-0.25, -0.2) is 9.97 Å². The first kappa shape index (κ1) is 12.4. The molecular weight excluding hydrogens is 292 g/mol. The van der Waals surface area contributed by atoms with Gasteiger partial charge in [0.2, 0.25) is 0 Å². The van der Waals surface area contributed by atoms with E-state index in [1.165, 1.54) is 12.8 Å². The van der Waals surface area contributed by atoms with Crippen LogP contribution in [0.1, 0.15) is 40.0 Å². The lowest BCUT2D eigenvalue weighted by atomic mass is 9.70. The van der Waals surface area contributed by atoms with Crippen molar-refractivity contribution in [3.8, 4) is 6.01 Å². The van der Waals surface area contributed by atoms with E-state index in [4.69, 9.17) is 4.74 Å². The van der Waals surface area contributed by atoms with Crippen LogP contribution < -0.4 is 4.74 Å². The van der Waals surface area contributed by atoms with Crippen molar-refractivity contribution in [3.63, 3.8) is 0 Å². The summed E-state index contributed by atoms with van der Waals surface area (Å²) < 4.78 is 6.94. The maximum Gasteiger partial charge on any atom is 0.316 e. The molecule has 0 N–H and O–H groups in total. The molecule has 2 fully saturated rings. The molecule has 0 spiro atoms. The predicted octanol–water partition coefficient (Wildman–Crippen LogP) is 3.83. The molecule has 3 atom stereocenters. The summed E-state index contributed by atoms with van der Waals surface area (Å²) in [6, 6.07) is 0.507. The number of nitrogens with zero attached hydrogens (tertiary/aromatic N) is 2. The first-order valence-corrected chi connectivity index (χ1v) is 7.37. The Bertz CT molecular complexity index is 459. The minimum Gasteiger partial charge on any atom is -0.460 e. The van der Waals surface area contributed by atoms with Gasteiger partial charge in [-0.2, -0.15) is 0 Å². The molecule has 3 nitrogen and oxygen atoms in total. The smallest absolute Gasteiger partial charge is 0.316 e. The minimum atomic E-state index is 0.257. The van der Waals surface area contributed by atoms with E-state index in [2.05, 4.69) is 46.7 Å². The van der Waals surface area contributed by atoms with Gasteiger partial charge in [-0.05, 0) is 46.5 Å². The van der Waals surface area contributed by atoms with Crippen LogP contribution in [-0.2, 0) is 0 Å². The zero-order chi connectivity index (χ0) is 13.0. The summed E-state index contributed by atoms with van der Waals surface area (Å²) in [4.78, 5) is 8.45. The predicted molar refractivity (Wildman–Crippen MR) is 73.4 cm³/mol. The van der Waals surface area contributed by atoms with Gasteiger partial charge in [0.25, 0.3) is 0 Å². The van der Waals surface area contributed by atoms with Crippen molar-refractivity contribution in [1.82, 2.24) is 9.97 Å². The molecule has 1 aromatic heterocycles. The third-order valence-corrected chi connectivity index (χ3v) is 5.97. The second kappa shape index (κ2) is 3.92. The van der Waals surface area contributed by atoms with Crippen molar-refractivity contribution >= 4 is 15.9 Å². The zero-order valence-corrected chi connectivity index (χ0v) is 12.7. The number of hydrogen-bond donors (Lipinski definition) is 0. The third kappa shape index (κ3) is 1.61. The Labute approximate surface area is 116 Å². The summed E-state index contributed by atoms with van der Waals surface area (Å²) in [5.41, 5.74) is 0.626. The molecule has 0 amide bonds. The second-order valence-corrected chi connectivity index (χ2v) is 7.32. The third-order valence-electron chi connectivity index (χ3n) is 5.56. The number of aromatic nitrogens is 2. The van der Waals surface area contributed by atoms with Crippen LogP contribution >= 0.6 is 15.9 Å². The molecule has 2 aliphatic carbocycles. The molecule has 18 heavy (non-hydrogen) atoms. The molecule has 0 aromatic carbocycles. The largest absolute Gasteiger partial charge is 0.460 e. The van der Waals surface area contributed by atoms with Crippen LogP contribution in [-0.4, -0.2) is 16.1 Å². The second-order valence-electron chi connectivity index (χ2n) is 6.40. The van der Waals surface area contributed by atoms with Crippen LogP contribution in [0, 0.1) is 16.7 Å². The van der Waals surface area contributed by atoms with Crippen molar-refractivity contribution in [2.75, 3.05) is 0 Å². The molecule has 3 unspecified atom stereocenters. The molecule has 2 aliphatic rings. The molecule has 2 saturated carbocycles. The molecule has 1 aromatic rings. The minimum absolute atomic E-state index is 0.257. The van der Waals surface area contributed by atoms with E-state index in [-0.39, 0.29) is 11.5 Å². The maximum absolute atomic E-state index is 6.06. The summed E-state index contributed by atoms with van der Waals surface area (Å²) in [5, 5.41) is 0. The average molecular weight is 311 g/mol. The number of hydrogen-bond acceptors (Lipinski definition) is 3. The van der Waals surface area contributed by atoms with E-state index in [9.17, 15) is 0 Å². The molecule has 0 radical (unpaired) electrons. The fraction of sp³-hybridized carbons (Fsp3) is 0.714. The molecular formula is C14H19BrN2O. The summed E-state index contributed by atoms with van der Waals surface area (Å²) in [6.07, 6.45) is 7.47. The Morgan fingerprint density at radius 3 is 2.44 bits per heavy atom. The van der Waals surface area contributed by atoms with Gasteiger partial charge in [0.05, 0.1) is 4.47 Å². The van der Waals surface area contributed by atoms with Crippen molar-refractivity contribution in [3.05, 3.63) is 16.9 Å². The van der Waals surface area contributed by atoms with Gasteiger partial charge in [0, 0.05) is 17.8 Å². The fourth-order valence-electron chi connectivity index (χ4n) is 3.80. The first-order valence-electron chi connectivity index (χ1n) is 6.58. The van der Waals surface area contributed by atoms with Gasteiger partial charge in [-0.15, -0.1) is 0 Å². The summed E-state index contributed by atoms with van der Waals surface area (Å²) >= 11 is 3.34. The van der Waals surface area contributed by atoms with Crippen LogP contribution in [0.4, 0.5) is 0 Å². The number of ether oxygens (including phenoxy) is 1. The van der Waals surface area contributed by atoms with Crippen LogP contribution in [0.25, 0.3) is 0 Å². The molecule has 98 valence electrons. The van der Waals surface area contributed by atoms with Crippen LogP contribution in [0.2, 0.25) is 0 Å². The lowest BCUT2D eigenvalue weighted by Crippen LogP contribution is -2.39. The van der Waals surface area contributed by atoms with Gasteiger partial charge in [0.15, 0.2) is 0 Å². The van der Waals surface area contributed by atoms with Gasteiger partial charge < -0.3 is 4.74 Å². The first-order chi connectivity index (χ1) is 8.43. The van der Waals surface area contributed by atoms with Gasteiger partial charge >= 0.3 is 6.01 Å². The van der Waals surface area contributed by atoms with Crippen LogP contribution in [0.3, 0.4) is 0 Å². The molecule has 1 heterocycles. The van der Waals surface area contributed by atoms with Gasteiger partial charge in [-0.3, -0.25) is 0 Å². The van der Waals surface area contributed by atoms with Crippen LogP contribution in [0.5, 0.6) is 6.01 Å². The number of rotatable bonds is 2. The van der Waals surface area contributed by atoms with Crippen molar-refractivity contribution < 1.29 is 4.74 Å². The van der Waals surface area contributed by atoms with E-state index in [1.807, 2.05) is 0 Å². The summed E-state index contributed by atoms with van der Waals surface area (Å²) in [7, 11) is 0. The fourth-order valence-corrected chi connectivity index (χ4v) is 4.00. The zero-order valence-electron chi connectivity index (χ0n) is 11.1. The van der Waals surface area contributed by atoms with Gasteiger partial charge in [0.1, 0.15) is 6.10 Å². The lowest BCUT2D eigenvalue weighted by Gasteiger charge is -2.38. The Hall–Kier alpha value is -0.640. The molecule has 4 heteroatoms. The lowest BCUT2D eigenvalue weighted by molar-refractivity contribution is 0.0241. The van der Waals surface area contributed by atoms with Crippen molar-refractivity contribution in [2.45, 2.75) is 46.1 Å². The highest BCUT2D eigenvalue weighted by molar-refractivity contribution is 9.10. The highest BCUT2D eigenvalue weighted by atomic mass is 79.9. The Kier molecular flexibility index (Phi) is 2.70. The highest BCUT2D eigenvalue weighted by Crippen LogP contribution is 2.65. The van der Waals surface area contributed by atoms with E-state index >= 15 is 0 Å². The SMILES string of the molecule is CC1(C)C2CCC1(C)C(Oc1ncc(Br)cn1)C2. The topological polar surface area (TPSA) is 35.0 Å². The summed E-state index contributed by atoms with van der Waals surface area (Å²) in [6.45, 7) is 7.14. The highest BCUT2D eigenvalue weighted by Gasteiger charge is 2.62. The molecule has 0 saturated heterocycles. The summed E-state index contributed by atoms with van der Waals surface area (Å²) in [5.74, 6) is 0.781. The normalized spacial score (nSPS) is 36.9. The van der Waals surface area contributed by atoms with E-state index < -0.39 is 0 Å². The number of fused-ring (bicyclic) bond motifs is 2. The molecule has 3 rings (SSSR count). The average Bonchev–Trinajstić information content (AvgIpc) is 2.65. The number of halogens is 1. The van der Waals surface area contributed by atoms with Crippen molar-refractivity contribution in [2.24, 2.45) is 16.7 Å². The van der Waals surface area contributed by atoms with E-state index in [1.54, 1.807) is 12.4 Å². The monoisotopic (exact) mass is 310 g/mol. The van der Waals surface area contributed by atoms with Crippen LogP contribution in [0.15, 0.2) is 16.9 Å². The van der Waals surface area contributed by atoms with E-state index in [0.29, 0.717) is 11.4 Å². The Balaban J connectivity index is 1.81. The molecule has 0 aliphatic heterocycles. The van der Waals surface area contributed by atoms with Gasteiger partial charge in [-0.1, -0.05) is 20.8 Å². The Morgan fingerprint density at radius 1 is 1.28 bits per heavy atom. The van der Waals surface area contributed by atoms with Crippen molar-refractivity contribution in [1.29, 1.82) is 0 Å². The molecule has 2 bridgehead atoms. The van der Waals surface area contributed by atoms with E-state index in [0.717, 1.165) is 16.8 Å².